The number of hydrogen-bond donors (Lipinski definition) is 0. The van der Waals surface area contributed by atoms with Gasteiger partial charge in [-0.25, -0.2) is 8.78 Å². The van der Waals surface area contributed by atoms with Gasteiger partial charge in [0, 0.05) is 52.5 Å². The minimum Gasteiger partial charge on any atom is -0.264 e. The van der Waals surface area contributed by atoms with Gasteiger partial charge in [0.2, 0.25) is 0 Å². The Morgan fingerprint density at radius 3 is 1.80 bits per heavy atom. The summed E-state index contributed by atoms with van der Waals surface area (Å²) in [7, 11) is 0. The van der Waals surface area contributed by atoms with Crippen LogP contribution in [0, 0.1) is 11.6 Å². The molecule has 0 aliphatic rings. The Balaban J connectivity index is 0.000000139. The second kappa shape index (κ2) is 18.4. The number of benzene rings is 4. The van der Waals surface area contributed by atoms with Gasteiger partial charge in [0.15, 0.2) is 0 Å². The maximum atomic E-state index is 13.4. The van der Waals surface area contributed by atoms with Crippen LogP contribution in [0.4, 0.5) is 8.78 Å². The summed E-state index contributed by atoms with van der Waals surface area (Å²) in [5, 5.41) is 4.94. The maximum Gasteiger partial charge on any atom is 0.149 e. The average molecular weight is 721 g/mol. The number of hydrogen-bond acceptors (Lipinski definition) is 4. The van der Waals surface area contributed by atoms with E-state index in [9.17, 15) is 8.78 Å². The highest BCUT2D eigenvalue weighted by Crippen LogP contribution is 2.27. The molecule has 0 aliphatic carbocycles. The van der Waals surface area contributed by atoms with Crippen molar-refractivity contribution in [2.75, 3.05) is 0 Å². The van der Waals surface area contributed by atoms with E-state index in [0.29, 0.717) is 34.6 Å². The fourth-order valence-corrected chi connectivity index (χ4v) is 6.19. The molecule has 0 unspecified atom stereocenters. The summed E-state index contributed by atoms with van der Waals surface area (Å²) >= 11 is 0. The van der Waals surface area contributed by atoms with Crippen LogP contribution in [0.15, 0.2) is 134 Å². The van der Waals surface area contributed by atoms with Gasteiger partial charge in [0.05, 0.1) is 11.0 Å². The van der Waals surface area contributed by atoms with Crippen LogP contribution >= 0.6 is 0 Å². The Morgan fingerprint density at radius 2 is 1.07 bits per heavy atom. The highest BCUT2D eigenvalue weighted by molar-refractivity contribution is 5.86. The lowest BCUT2D eigenvalue weighted by atomic mass is 9.97. The molecule has 0 saturated carbocycles. The second-order valence-electron chi connectivity index (χ2n) is 14.6. The standard InChI is InChI=1S/2C12H12FN.2C12H13N/c1-8(2)9-3-4-12(13)11-7-14-6-5-10(9)11;1-8(2)9-5-6-11(13)12-10(9)4-3-7-14-12;1-9(2)11-6-5-10-4-3-7-13-12(10)8-11;1-9(2)11-7-10-5-3-4-6-12(10)13-8-11/h2*3-8H,1-2H3;2*3-9H,1-2H3. The van der Waals surface area contributed by atoms with Gasteiger partial charge >= 0.3 is 0 Å². The van der Waals surface area contributed by atoms with Crippen LogP contribution in [0.1, 0.15) is 101 Å². The molecule has 4 nitrogen and oxygen atoms in total. The van der Waals surface area contributed by atoms with Crippen molar-refractivity contribution in [2.45, 2.75) is 79.1 Å². The van der Waals surface area contributed by atoms with Crippen LogP contribution in [0.3, 0.4) is 0 Å². The Kier molecular flexibility index (Phi) is 13.5. The number of pyridine rings is 4. The summed E-state index contributed by atoms with van der Waals surface area (Å²) < 4.78 is 26.8. The van der Waals surface area contributed by atoms with Gasteiger partial charge in [-0.15, -0.1) is 0 Å². The highest BCUT2D eigenvalue weighted by Gasteiger charge is 2.09. The summed E-state index contributed by atoms with van der Waals surface area (Å²) in [5.41, 5.74) is 7.61. The Bertz CT molecular complexity index is 2280. The smallest absolute Gasteiger partial charge is 0.149 e. The van der Waals surface area contributed by atoms with Crippen molar-refractivity contribution >= 4 is 43.5 Å². The van der Waals surface area contributed by atoms with Gasteiger partial charge in [-0.05, 0) is 99.8 Å². The highest BCUT2D eigenvalue weighted by atomic mass is 19.1. The van der Waals surface area contributed by atoms with E-state index in [-0.39, 0.29) is 11.6 Å². The third-order valence-electron chi connectivity index (χ3n) is 9.37. The molecule has 0 bridgehead atoms. The summed E-state index contributed by atoms with van der Waals surface area (Å²) in [6.45, 7) is 17.2. The molecule has 0 fully saturated rings. The number of rotatable bonds is 4. The Labute approximate surface area is 318 Å². The minimum atomic E-state index is -0.245. The van der Waals surface area contributed by atoms with E-state index in [0.717, 1.165) is 27.4 Å². The molecule has 0 atom stereocenters. The molecular weight excluding hydrogens is 671 g/mol. The Hall–Kier alpha value is -5.62. The summed E-state index contributed by atoms with van der Waals surface area (Å²) in [5.74, 6) is 1.48. The zero-order chi connectivity index (χ0) is 38.8. The summed E-state index contributed by atoms with van der Waals surface area (Å²) in [6.07, 6.45) is 8.71. The molecule has 6 heteroatoms. The number of nitrogens with zero attached hydrogens (tertiary/aromatic N) is 4. The first-order valence-corrected chi connectivity index (χ1v) is 18.7. The lowest BCUT2D eigenvalue weighted by Gasteiger charge is -2.09. The number of fused-ring (bicyclic) bond motifs is 4. The predicted octanol–water partition coefficient (Wildman–Crippen LogP) is 13.7. The number of halogens is 2. The van der Waals surface area contributed by atoms with Gasteiger partial charge in [0.1, 0.15) is 17.2 Å². The van der Waals surface area contributed by atoms with Crippen LogP contribution in [0.25, 0.3) is 43.5 Å². The molecule has 4 aromatic carbocycles. The van der Waals surface area contributed by atoms with Crippen LogP contribution in [0.2, 0.25) is 0 Å². The van der Waals surface area contributed by atoms with Gasteiger partial charge in [-0.2, -0.15) is 0 Å². The van der Waals surface area contributed by atoms with E-state index in [1.165, 1.54) is 39.6 Å². The third-order valence-corrected chi connectivity index (χ3v) is 9.37. The van der Waals surface area contributed by atoms with Crippen molar-refractivity contribution in [3.8, 4) is 0 Å². The predicted molar refractivity (Wildman–Crippen MR) is 223 cm³/mol. The zero-order valence-corrected chi connectivity index (χ0v) is 32.6. The molecule has 0 radical (unpaired) electrons. The van der Waals surface area contributed by atoms with Gasteiger partial charge in [-0.1, -0.05) is 110 Å². The normalized spacial score (nSPS) is 11.1. The van der Waals surface area contributed by atoms with Crippen LogP contribution < -0.4 is 0 Å². The molecular formula is C48H50F2N4. The van der Waals surface area contributed by atoms with Crippen molar-refractivity contribution in [3.05, 3.63) is 168 Å². The van der Waals surface area contributed by atoms with Crippen LogP contribution in [0.5, 0.6) is 0 Å². The van der Waals surface area contributed by atoms with Gasteiger partial charge in [-0.3, -0.25) is 19.9 Å². The van der Waals surface area contributed by atoms with E-state index in [4.69, 9.17) is 0 Å². The monoisotopic (exact) mass is 720 g/mol. The molecule has 4 heterocycles. The topological polar surface area (TPSA) is 51.6 Å². The number of para-hydroxylation sites is 1. The molecule has 0 saturated heterocycles. The first-order chi connectivity index (χ1) is 25.9. The second-order valence-corrected chi connectivity index (χ2v) is 14.6. The fraction of sp³-hybridized carbons (Fsp3) is 0.250. The van der Waals surface area contributed by atoms with E-state index in [1.54, 1.807) is 18.6 Å². The molecule has 276 valence electrons. The van der Waals surface area contributed by atoms with Crippen molar-refractivity contribution in [1.29, 1.82) is 0 Å². The lowest BCUT2D eigenvalue weighted by Crippen LogP contribution is -1.92. The van der Waals surface area contributed by atoms with Crippen molar-refractivity contribution < 1.29 is 8.78 Å². The zero-order valence-electron chi connectivity index (χ0n) is 32.6. The van der Waals surface area contributed by atoms with E-state index in [2.05, 4.69) is 112 Å². The average Bonchev–Trinajstić information content (AvgIpc) is 3.18. The number of aromatic nitrogens is 4. The maximum absolute atomic E-state index is 13.4. The van der Waals surface area contributed by atoms with Crippen molar-refractivity contribution in [3.63, 3.8) is 0 Å². The van der Waals surface area contributed by atoms with Gasteiger partial charge < -0.3 is 0 Å². The SMILES string of the molecule is CC(C)c1ccc(F)c2cnccc12.CC(C)c1ccc(F)c2ncccc12.CC(C)c1ccc2cccnc2c1.CC(C)c1cnc2ccccc2c1. The molecule has 0 spiro atoms. The molecule has 8 rings (SSSR count). The van der Waals surface area contributed by atoms with E-state index in [1.807, 2.05) is 67.0 Å². The van der Waals surface area contributed by atoms with Crippen LogP contribution in [-0.4, -0.2) is 19.9 Å². The molecule has 0 N–H and O–H groups in total. The largest absolute Gasteiger partial charge is 0.264 e. The Morgan fingerprint density at radius 1 is 0.426 bits per heavy atom. The van der Waals surface area contributed by atoms with Crippen LogP contribution in [-0.2, 0) is 0 Å². The molecule has 0 aliphatic heterocycles. The lowest BCUT2D eigenvalue weighted by molar-refractivity contribution is 0.635. The summed E-state index contributed by atoms with van der Waals surface area (Å²) in [6, 6.07) is 33.3. The molecule has 54 heavy (non-hydrogen) atoms. The first-order valence-electron chi connectivity index (χ1n) is 18.7. The molecule has 0 amide bonds. The van der Waals surface area contributed by atoms with Gasteiger partial charge in [0.25, 0.3) is 0 Å². The van der Waals surface area contributed by atoms with Crippen molar-refractivity contribution in [1.82, 2.24) is 19.9 Å². The van der Waals surface area contributed by atoms with Crippen molar-refractivity contribution in [2.24, 2.45) is 0 Å². The molecule has 8 aromatic rings. The van der Waals surface area contributed by atoms with E-state index >= 15 is 0 Å². The fourth-order valence-electron chi connectivity index (χ4n) is 6.19. The molecule has 4 aromatic heterocycles. The first kappa shape index (κ1) is 39.6. The minimum absolute atomic E-state index is 0.197. The third kappa shape index (κ3) is 9.87. The van der Waals surface area contributed by atoms with E-state index < -0.39 is 0 Å². The quantitative estimate of drug-likeness (QED) is 0.182. The summed E-state index contributed by atoms with van der Waals surface area (Å²) in [4.78, 5) is 16.7.